The van der Waals surface area contributed by atoms with E-state index in [-0.39, 0.29) is 12.5 Å². The summed E-state index contributed by atoms with van der Waals surface area (Å²) in [5.41, 5.74) is 3.05. The molecule has 2 heterocycles. The minimum atomic E-state index is 0.0450. The molecule has 126 valence electrons. The summed E-state index contributed by atoms with van der Waals surface area (Å²) in [5, 5.41) is 7.63. The van der Waals surface area contributed by atoms with Crippen molar-refractivity contribution in [2.24, 2.45) is 5.92 Å². The zero-order valence-electron chi connectivity index (χ0n) is 14.0. The number of carbonyl (C=O) groups is 1. The average Bonchev–Trinajstić information content (AvgIpc) is 3.00. The van der Waals surface area contributed by atoms with Crippen LogP contribution in [0.4, 0.5) is 0 Å². The number of amides is 1. The fourth-order valence-corrected chi connectivity index (χ4v) is 3.82. The molecular weight excluding hydrogens is 302 g/mol. The van der Waals surface area contributed by atoms with Crippen LogP contribution in [0, 0.1) is 5.92 Å². The van der Waals surface area contributed by atoms with Crippen LogP contribution in [-0.4, -0.2) is 21.7 Å². The second-order valence-corrected chi connectivity index (χ2v) is 6.90. The molecule has 4 rings (SSSR count). The SMILES string of the molecule is C[C@H]1CCCC[C@@H]1NC(=O)Cn1ncc2c1-c1ccccc1OC2. The van der Waals surface area contributed by atoms with Crippen molar-refractivity contribution in [3.63, 3.8) is 0 Å². The number of nitrogens with one attached hydrogen (secondary N) is 1. The van der Waals surface area contributed by atoms with Gasteiger partial charge in [0.1, 0.15) is 18.9 Å². The van der Waals surface area contributed by atoms with Gasteiger partial charge in [0.25, 0.3) is 0 Å². The Kier molecular flexibility index (Phi) is 4.00. The van der Waals surface area contributed by atoms with Gasteiger partial charge in [-0.25, -0.2) is 0 Å². The number of hydrogen-bond acceptors (Lipinski definition) is 3. The van der Waals surface area contributed by atoms with E-state index < -0.39 is 0 Å². The second-order valence-electron chi connectivity index (χ2n) is 6.90. The van der Waals surface area contributed by atoms with E-state index in [1.807, 2.05) is 30.5 Å². The Balaban J connectivity index is 1.52. The Bertz CT molecular complexity index is 753. The topological polar surface area (TPSA) is 56.2 Å². The molecule has 0 bridgehead atoms. The van der Waals surface area contributed by atoms with Crippen LogP contribution < -0.4 is 10.1 Å². The first kappa shape index (κ1) is 15.2. The first-order valence-electron chi connectivity index (χ1n) is 8.78. The highest BCUT2D eigenvalue weighted by Crippen LogP contribution is 2.37. The van der Waals surface area contributed by atoms with Gasteiger partial charge in [-0.3, -0.25) is 9.48 Å². The van der Waals surface area contributed by atoms with Gasteiger partial charge >= 0.3 is 0 Å². The number of benzene rings is 1. The standard InChI is InChI=1S/C19H23N3O2/c1-13-6-2-4-8-16(13)21-18(23)11-22-19-14(10-20-22)12-24-17-9-5-3-7-15(17)19/h3,5,7,9-10,13,16H,2,4,6,8,11-12H2,1H3,(H,21,23)/t13-,16-/m0/s1. The molecule has 1 N–H and O–H groups in total. The fourth-order valence-electron chi connectivity index (χ4n) is 3.82. The summed E-state index contributed by atoms with van der Waals surface area (Å²) in [6, 6.07) is 8.22. The molecular formula is C19H23N3O2. The molecule has 5 heteroatoms. The predicted molar refractivity (Wildman–Crippen MR) is 91.6 cm³/mol. The smallest absolute Gasteiger partial charge is 0.241 e. The second kappa shape index (κ2) is 6.30. The van der Waals surface area contributed by atoms with Crippen LogP contribution in [0.5, 0.6) is 5.75 Å². The van der Waals surface area contributed by atoms with E-state index in [1.54, 1.807) is 4.68 Å². The Labute approximate surface area is 142 Å². The number of rotatable bonds is 3. The van der Waals surface area contributed by atoms with E-state index in [0.717, 1.165) is 29.0 Å². The molecule has 2 aliphatic rings. The molecule has 1 fully saturated rings. The highest BCUT2D eigenvalue weighted by molar-refractivity contribution is 5.78. The largest absolute Gasteiger partial charge is 0.488 e. The number of hydrogen-bond donors (Lipinski definition) is 1. The lowest BCUT2D eigenvalue weighted by Crippen LogP contribution is -2.42. The Hall–Kier alpha value is -2.30. The molecule has 0 unspecified atom stereocenters. The molecule has 0 spiro atoms. The van der Waals surface area contributed by atoms with Gasteiger partial charge in [0.05, 0.1) is 11.9 Å². The number of ether oxygens (including phenoxy) is 1. The maximum Gasteiger partial charge on any atom is 0.241 e. The van der Waals surface area contributed by atoms with Gasteiger partial charge in [0, 0.05) is 17.2 Å². The molecule has 2 atom stereocenters. The molecule has 5 nitrogen and oxygen atoms in total. The molecule has 0 saturated heterocycles. The number of carbonyl (C=O) groups excluding carboxylic acids is 1. The van der Waals surface area contributed by atoms with Crippen molar-refractivity contribution in [3.8, 4) is 17.0 Å². The summed E-state index contributed by atoms with van der Waals surface area (Å²) in [6.45, 7) is 2.99. The normalized spacial score (nSPS) is 22.2. The third-order valence-corrected chi connectivity index (χ3v) is 5.19. The molecule has 0 radical (unpaired) electrons. The Morgan fingerprint density at radius 1 is 1.33 bits per heavy atom. The van der Waals surface area contributed by atoms with Crippen molar-refractivity contribution >= 4 is 5.91 Å². The van der Waals surface area contributed by atoms with Gasteiger partial charge in [-0.05, 0) is 30.9 Å². The van der Waals surface area contributed by atoms with Crippen LogP contribution in [0.3, 0.4) is 0 Å². The van der Waals surface area contributed by atoms with Crippen molar-refractivity contribution in [2.45, 2.75) is 51.8 Å². The van der Waals surface area contributed by atoms with Gasteiger partial charge in [-0.2, -0.15) is 5.10 Å². The Morgan fingerprint density at radius 2 is 2.17 bits per heavy atom. The van der Waals surface area contributed by atoms with Crippen LogP contribution in [0.1, 0.15) is 38.2 Å². The highest BCUT2D eigenvalue weighted by Gasteiger charge is 2.25. The summed E-state index contributed by atoms with van der Waals surface area (Å²) in [4.78, 5) is 12.5. The zero-order valence-corrected chi connectivity index (χ0v) is 14.0. The summed E-state index contributed by atoms with van der Waals surface area (Å²) >= 11 is 0. The van der Waals surface area contributed by atoms with Crippen LogP contribution >= 0.6 is 0 Å². The number of nitrogens with zero attached hydrogens (tertiary/aromatic N) is 2. The van der Waals surface area contributed by atoms with Crippen LogP contribution in [0.15, 0.2) is 30.5 Å². The third-order valence-electron chi connectivity index (χ3n) is 5.19. The van der Waals surface area contributed by atoms with Gasteiger partial charge in [0.15, 0.2) is 0 Å². The van der Waals surface area contributed by atoms with Crippen molar-refractivity contribution in [3.05, 3.63) is 36.0 Å². The van der Waals surface area contributed by atoms with Crippen molar-refractivity contribution in [1.29, 1.82) is 0 Å². The quantitative estimate of drug-likeness (QED) is 0.943. The molecule has 2 aromatic rings. The number of aromatic nitrogens is 2. The molecule has 1 aromatic carbocycles. The van der Waals surface area contributed by atoms with Gasteiger partial charge in [-0.1, -0.05) is 31.9 Å². The van der Waals surface area contributed by atoms with Gasteiger partial charge in [-0.15, -0.1) is 0 Å². The fraction of sp³-hybridized carbons (Fsp3) is 0.474. The van der Waals surface area contributed by atoms with Crippen LogP contribution in [0.25, 0.3) is 11.3 Å². The van der Waals surface area contributed by atoms with Gasteiger partial charge in [0.2, 0.25) is 5.91 Å². The first-order chi connectivity index (χ1) is 11.7. The number of fused-ring (bicyclic) bond motifs is 3. The molecule has 1 saturated carbocycles. The zero-order chi connectivity index (χ0) is 16.5. The monoisotopic (exact) mass is 325 g/mol. The van der Waals surface area contributed by atoms with Crippen LogP contribution in [-0.2, 0) is 17.9 Å². The summed E-state index contributed by atoms with van der Waals surface area (Å²) in [7, 11) is 0. The maximum absolute atomic E-state index is 12.5. The lowest BCUT2D eigenvalue weighted by Gasteiger charge is -2.29. The molecule has 1 aliphatic carbocycles. The summed E-state index contributed by atoms with van der Waals surface area (Å²) in [5.74, 6) is 1.46. The lowest BCUT2D eigenvalue weighted by molar-refractivity contribution is -0.123. The van der Waals surface area contributed by atoms with E-state index in [9.17, 15) is 4.79 Å². The first-order valence-corrected chi connectivity index (χ1v) is 8.78. The maximum atomic E-state index is 12.5. The summed E-state index contributed by atoms with van der Waals surface area (Å²) in [6.07, 6.45) is 6.57. The minimum absolute atomic E-state index is 0.0450. The third kappa shape index (κ3) is 2.79. The number of para-hydroxylation sites is 1. The average molecular weight is 325 g/mol. The van der Waals surface area contributed by atoms with E-state index in [0.29, 0.717) is 18.6 Å². The van der Waals surface area contributed by atoms with E-state index in [2.05, 4.69) is 17.3 Å². The molecule has 1 amide bonds. The molecule has 1 aromatic heterocycles. The van der Waals surface area contributed by atoms with E-state index in [1.165, 1.54) is 19.3 Å². The van der Waals surface area contributed by atoms with Crippen LogP contribution in [0.2, 0.25) is 0 Å². The Morgan fingerprint density at radius 3 is 3.04 bits per heavy atom. The van der Waals surface area contributed by atoms with Crippen molar-refractivity contribution in [2.75, 3.05) is 0 Å². The van der Waals surface area contributed by atoms with E-state index in [4.69, 9.17) is 4.74 Å². The van der Waals surface area contributed by atoms with E-state index >= 15 is 0 Å². The van der Waals surface area contributed by atoms with Gasteiger partial charge < -0.3 is 10.1 Å². The van der Waals surface area contributed by atoms with Crippen molar-refractivity contribution < 1.29 is 9.53 Å². The molecule has 1 aliphatic heterocycles. The minimum Gasteiger partial charge on any atom is -0.488 e. The molecule has 24 heavy (non-hydrogen) atoms. The highest BCUT2D eigenvalue weighted by atomic mass is 16.5. The lowest BCUT2D eigenvalue weighted by atomic mass is 9.86. The predicted octanol–water partition coefficient (Wildman–Crippen LogP) is 3.14. The van der Waals surface area contributed by atoms with Crippen molar-refractivity contribution in [1.82, 2.24) is 15.1 Å². The summed E-state index contributed by atoms with van der Waals surface area (Å²) < 4.78 is 7.55.